The van der Waals surface area contributed by atoms with Crippen LogP contribution in [0.15, 0.2) is 24.3 Å². The normalized spacial score (nSPS) is 16.7. The van der Waals surface area contributed by atoms with E-state index in [1.165, 1.54) is 11.1 Å². The molecule has 0 unspecified atom stereocenters. The van der Waals surface area contributed by atoms with Crippen molar-refractivity contribution < 1.29 is 0 Å². The van der Waals surface area contributed by atoms with Crippen molar-refractivity contribution in [2.45, 2.75) is 13.5 Å². The zero-order valence-electron chi connectivity index (χ0n) is 11.1. The summed E-state index contributed by atoms with van der Waals surface area (Å²) in [4.78, 5) is 2.43. The zero-order valence-corrected chi connectivity index (χ0v) is 11.9. The minimum atomic E-state index is 0.922. The molecule has 100 valence electrons. The summed E-state index contributed by atoms with van der Waals surface area (Å²) in [6, 6.07) is 8.35. The van der Waals surface area contributed by atoms with Crippen LogP contribution < -0.4 is 5.32 Å². The fourth-order valence-corrected chi connectivity index (χ4v) is 3.27. The van der Waals surface area contributed by atoms with Crippen molar-refractivity contribution in [3.05, 3.63) is 34.8 Å². The molecule has 2 aromatic rings. The van der Waals surface area contributed by atoms with E-state index in [1.54, 1.807) is 11.3 Å². The van der Waals surface area contributed by atoms with Gasteiger partial charge in [0.1, 0.15) is 10.0 Å². The summed E-state index contributed by atoms with van der Waals surface area (Å²) in [6.45, 7) is 7.38. The minimum Gasteiger partial charge on any atom is -0.314 e. The summed E-state index contributed by atoms with van der Waals surface area (Å²) in [7, 11) is 0. The Bertz CT molecular complexity index is 546. The van der Waals surface area contributed by atoms with E-state index in [4.69, 9.17) is 0 Å². The molecule has 1 aliphatic rings. The number of benzene rings is 1. The molecule has 4 nitrogen and oxygen atoms in total. The van der Waals surface area contributed by atoms with Crippen LogP contribution in [0.1, 0.15) is 10.6 Å². The Morgan fingerprint density at radius 3 is 2.79 bits per heavy atom. The van der Waals surface area contributed by atoms with Gasteiger partial charge in [0.2, 0.25) is 0 Å². The van der Waals surface area contributed by atoms with E-state index in [1.807, 2.05) is 0 Å². The zero-order chi connectivity index (χ0) is 13.1. The molecule has 0 atom stereocenters. The first kappa shape index (κ1) is 12.7. The standard InChI is InChI=1S/C14H18N4S/c1-11-4-2-3-5-12(11)14-17-16-13(19-14)10-18-8-6-15-7-9-18/h2-5,15H,6-10H2,1H3. The predicted octanol–water partition coefficient (Wildman–Crippen LogP) is 1.92. The summed E-state index contributed by atoms with van der Waals surface area (Å²) in [5, 5.41) is 14.2. The first-order valence-electron chi connectivity index (χ1n) is 6.64. The number of hydrogen-bond acceptors (Lipinski definition) is 5. The van der Waals surface area contributed by atoms with Crippen molar-refractivity contribution in [1.82, 2.24) is 20.4 Å². The van der Waals surface area contributed by atoms with E-state index in [0.717, 1.165) is 42.7 Å². The molecule has 1 fully saturated rings. The van der Waals surface area contributed by atoms with Crippen LogP contribution in [0.5, 0.6) is 0 Å². The molecule has 0 radical (unpaired) electrons. The summed E-state index contributed by atoms with van der Waals surface area (Å²) in [5.74, 6) is 0. The van der Waals surface area contributed by atoms with Crippen LogP contribution in [0.25, 0.3) is 10.6 Å². The summed E-state index contributed by atoms with van der Waals surface area (Å²) in [6.07, 6.45) is 0. The molecule has 1 N–H and O–H groups in total. The molecule has 3 rings (SSSR count). The third-order valence-corrected chi connectivity index (χ3v) is 4.35. The lowest BCUT2D eigenvalue weighted by molar-refractivity contribution is 0.232. The molecule has 0 bridgehead atoms. The van der Waals surface area contributed by atoms with Gasteiger partial charge < -0.3 is 5.32 Å². The Kier molecular flexibility index (Phi) is 3.87. The first-order chi connectivity index (χ1) is 9.33. The SMILES string of the molecule is Cc1ccccc1-c1nnc(CN2CCNCC2)s1. The van der Waals surface area contributed by atoms with E-state index in [2.05, 4.69) is 51.6 Å². The van der Waals surface area contributed by atoms with Gasteiger partial charge in [-0.25, -0.2) is 0 Å². The lowest BCUT2D eigenvalue weighted by Crippen LogP contribution is -2.42. The van der Waals surface area contributed by atoms with E-state index in [9.17, 15) is 0 Å². The number of nitrogens with zero attached hydrogens (tertiary/aromatic N) is 3. The number of piperazine rings is 1. The van der Waals surface area contributed by atoms with Gasteiger partial charge in [-0.3, -0.25) is 4.90 Å². The molecule has 0 aliphatic carbocycles. The highest BCUT2D eigenvalue weighted by atomic mass is 32.1. The highest BCUT2D eigenvalue weighted by Crippen LogP contribution is 2.26. The van der Waals surface area contributed by atoms with Crippen molar-refractivity contribution in [2.24, 2.45) is 0 Å². The quantitative estimate of drug-likeness (QED) is 0.928. The summed E-state index contributed by atoms with van der Waals surface area (Å²) < 4.78 is 0. The second-order valence-corrected chi connectivity index (χ2v) is 5.90. The van der Waals surface area contributed by atoms with Crippen molar-refractivity contribution >= 4 is 11.3 Å². The Hall–Kier alpha value is -1.30. The summed E-state index contributed by atoms with van der Waals surface area (Å²) >= 11 is 1.71. The Morgan fingerprint density at radius 1 is 1.21 bits per heavy atom. The molecule has 1 aromatic carbocycles. The second kappa shape index (κ2) is 5.77. The first-order valence-corrected chi connectivity index (χ1v) is 7.46. The van der Waals surface area contributed by atoms with Crippen molar-refractivity contribution in [1.29, 1.82) is 0 Å². The number of aryl methyl sites for hydroxylation is 1. The fourth-order valence-electron chi connectivity index (χ4n) is 2.30. The largest absolute Gasteiger partial charge is 0.314 e. The third kappa shape index (κ3) is 3.00. The highest BCUT2D eigenvalue weighted by molar-refractivity contribution is 7.14. The Balaban J connectivity index is 1.74. The highest BCUT2D eigenvalue weighted by Gasteiger charge is 2.14. The molecular weight excluding hydrogens is 256 g/mol. The molecule has 1 saturated heterocycles. The molecule has 0 spiro atoms. The van der Waals surface area contributed by atoms with Crippen LogP contribution >= 0.6 is 11.3 Å². The van der Waals surface area contributed by atoms with Crippen molar-refractivity contribution in [2.75, 3.05) is 26.2 Å². The second-order valence-electron chi connectivity index (χ2n) is 4.84. The number of hydrogen-bond donors (Lipinski definition) is 1. The third-order valence-electron chi connectivity index (χ3n) is 3.41. The van der Waals surface area contributed by atoms with Gasteiger partial charge in [0.05, 0.1) is 6.54 Å². The molecule has 1 aromatic heterocycles. The molecule has 2 heterocycles. The Labute approximate surface area is 117 Å². The minimum absolute atomic E-state index is 0.922. The maximum absolute atomic E-state index is 4.34. The topological polar surface area (TPSA) is 41.1 Å². The maximum Gasteiger partial charge on any atom is 0.148 e. The van der Waals surface area contributed by atoms with E-state index >= 15 is 0 Å². The lowest BCUT2D eigenvalue weighted by atomic mass is 10.1. The number of nitrogens with one attached hydrogen (secondary N) is 1. The van der Waals surface area contributed by atoms with Gasteiger partial charge in [0.15, 0.2) is 0 Å². The smallest absolute Gasteiger partial charge is 0.148 e. The van der Waals surface area contributed by atoms with Gasteiger partial charge >= 0.3 is 0 Å². The molecule has 5 heteroatoms. The maximum atomic E-state index is 4.34. The summed E-state index contributed by atoms with van der Waals surface area (Å²) in [5.41, 5.74) is 2.46. The van der Waals surface area contributed by atoms with Gasteiger partial charge in [-0.2, -0.15) is 0 Å². The average Bonchev–Trinajstić information content (AvgIpc) is 2.89. The van der Waals surface area contributed by atoms with E-state index < -0.39 is 0 Å². The van der Waals surface area contributed by atoms with Gasteiger partial charge in [0.25, 0.3) is 0 Å². The van der Waals surface area contributed by atoms with Crippen LogP contribution in [0.2, 0.25) is 0 Å². The molecular formula is C14H18N4S. The molecule has 1 aliphatic heterocycles. The Morgan fingerprint density at radius 2 is 2.00 bits per heavy atom. The van der Waals surface area contributed by atoms with Crippen LogP contribution in [0.4, 0.5) is 0 Å². The molecule has 0 amide bonds. The molecule has 19 heavy (non-hydrogen) atoms. The number of aromatic nitrogens is 2. The van der Waals surface area contributed by atoms with Gasteiger partial charge in [-0.1, -0.05) is 35.6 Å². The lowest BCUT2D eigenvalue weighted by Gasteiger charge is -2.25. The number of rotatable bonds is 3. The fraction of sp³-hybridized carbons (Fsp3) is 0.429. The van der Waals surface area contributed by atoms with Crippen LogP contribution in [0, 0.1) is 6.92 Å². The average molecular weight is 274 g/mol. The van der Waals surface area contributed by atoms with Gasteiger partial charge in [-0.15, -0.1) is 10.2 Å². The van der Waals surface area contributed by atoms with Gasteiger partial charge in [0, 0.05) is 31.7 Å². The van der Waals surface area contributed by atoms with Crippen LogP contribution in [0.3, 0.4) is 0 Å². The monoisotopic (exact) mass is 274 g/mol. The van der Waals surface area contributed by atoms with E-state index in [-0.39, 0.29) is 0 Å². The van der Waals surface area contributed by atoms with Crippen LogP contribution in [-0.4, -0.2) is 41.3 Å². The molecule has 0 saturated carbocycles. The van der Waals surface area contributed by atoms with Crippen molar-refractivity contribution in [3.8, 4) is 10.6 Å². The van der Waals surface area contributed by atoms with Crippen LogP contribution in [-0.2, 0) is 6.54 Å². The van der Waals surface area contributed by atoms with Gasteiger partial charge in [-0.05, 0) is 12.5 Å². The van der Waals surface area contributed by atoms with Crippen molar-refractivity contribution in [3.63, 3.8) is 0 Å². The van der Waals surface area contributed by atoms with E-state index in [0.29, 0.717) is 0 Å². The predicted molar refractivity (Wildman–Crippen MR) is 78.2 cm³/mol.